The van der Waals surface area contributed by atoms with Crippen molar-refractivity contribution in [1.82, 2.24) is 15.1 Å². The summed E-state index contributed by atoms with van der Waals surface area (Å²) in [7, 11) is -3.33. The molecule has 2 heterocycles. The summed E-state index contributed by atoms with van der Waals surface area (Å²) in [5, 5.41) is 12.9. The number of aryl methyl sites for hydroxylation is 1. The van der Waals surface area contributed by atoms with Gasteiger partial charge in [0.2, 0.25) is 5.89 Å². The highest BCUT2D eigenvalue weighted by atomic mass is 32.2. The molecule has 0 saturated heterocycles. The summed E-state index contributed by atoms with van der Waals surface area (Å²) in [5.41, 5.74) is 11.6. The number of nitrogen functional groups attached to an aromatic ring is 1. The van der Waals surface area contributed by atoms with Gasteiger partial charge < -0.3 is 20.1 Å². The summed E-state index contributed by atoms with van der Waals surface area (Å²) in [6, 6.07) is 13.2. The van der Waals surface area contributed by atoms with Crippen molar-refractivity contribution >= 4 is 21.5 Å². The highest BCUT2D eigenvalue weighted by molar-refractivity contribution is 7.90. The number of carboxylic acids is 1. The van der Waals surface area contributed by atoms with Gasteiger partial charge in [-0.1, -0.05) is 48.0 Å². The molecular weight excluding hydrogens is 637 g/mol. The molecule has 14 heteroatoms. The summed E-state index contributed by atoms with van der Waals surface area (Å²) in [5.74, 6) is -0.679. The van der Waals surface area contributed by atoms with Gasteiger partial charge in [-0.05, 0) is 60.4 Å². The Bertz CT molecular complexity index is 1920. The Morgan fingerprint density at radius 2 is 1.87 bits per heavy atom. The number of nitrogens with two attached hydrogens (primary N) is 1. The lowest BCUT2D eigenvalue weighted by Crippen LogP contribution is -2.34. The maximum absolute atomic E-state index is 12.6. The molecule has 3 N–H and O–H groups in total. The van der Waals surface area contributed by atoms with Crippen LogP contribution in [0.15, 0.2) is 53.2 Å². The van der Waals surface area contributed by atoms with E-state index in [0.717, 1.165) is 49.8 Å². The zero-order chi connectivity index (χ0) is 34.3. The Balaban J connectivity index is 0.000000194. The number of carbonyl (C=O) groups is 1. The van der Waals surface area contributed by atoms with Crippen molar-refractivity contribution in [3.8, 4) is 16.9 Å². The predicted molar refractivity (Wildman–Crippen MR) is 168 cm³/mol. The lowest BCUT2D eigenvalue weighted by molar-refractivity contribution is -0.189. The van der Waals surface area contributed by atoms with E-state index in [1.54, 1.807) is 13.8 Å². The van der Waals surface area contributed by atoms with Gasteiger partial charge in [-0.25, -0.2) is 18.2 Å². The van der Waals surface area contributed by atoms with E-state index >= 15 is 0 Å². The van der Waals surface area contributed by atoms with Gasteiger partial charge in [0.1, 0.15) is 15.6 Å². The van der Waals surface area contributed by atoms with Crippen LogP contribution in [0.25, 0.3) is 11.1 Å². The fourth-order valence-electron chi connectivity index (χ4n) is 5.98. The first-order chi connectivity index (χ1) is 22.0. The molecule has 10 nitrogen and oxygen atoms in total. The average Bonchev–Trinajstić information content (AvgIpc) is 3.56. The van der Waals surface area contributed by atoms with Crippen LogP contribution in [0.5, 0.6) is 5.75 Å². The van der Waals surface area contributed by atoms with Crippen molar-refractivity contribution in [3.05, 3.63) is 88.3 Å². The van der Waals surface area contributed by atoms with Gasteiger partial charge in [0.05, 0.1) is 11.2 Å². The lowest BCUT2D eigenvalue weighted by Gasteiger charge is -2.28. The van der Waals surface area contributed by atoms with Crippen LogP contribution in [0.4, 0.5) is 18.9 Å². The highest BCUT2D eigenvalue weighted by Crippen LogP contribution is 2.45. The molecule has 2 atom stereocenters. The third-order valence-electron chi connectivity index (χ3n) is 8.62. The standard InChI is InChI=1S/C20H21N3O3S.C13H14F3NO3/c1-12-22-19(23-26-12)20(2,11-27(3,24)25)17-9-8-15-14-7-5-4-6-13(14)10-16(15)18(17)21;1-7(13(14,15)16)20-11-5-10(12(18)19)17-6-9(11)8-3-2-4-8/h4-9H,10-11,21H2,1-3H3;5-8H,2-4H2,1H3,(H,18,19)/t;7-/m.0/s1. The van der Waals surface area contributed by atoms with E-state index in [-0.39, 0.29) is 23.1 Å². The number of alkyl halides is 3. The summed E-state index contributed by atoms with van der Waals surface area (Å²) in [4.78, 5) is 18.9. The number of aromatic nitrogens is 3. The SMILES string of the molecule is C[C@H](Oc1cc(C(=O)O)ncc1C1CCC1)C(F)(F)F.Cc1nc(C(C)(CS(C)(=O)=O)c2ccc3c(c2N)Cc2ccccc2-3)no1. The molecule has 250 valence electrons. The minimum atomic E-state index is -4.50. The molecule has 0 spiro atoms. The topological polar surface area (TPSA) is 158 Å². The largest absolute Gasteiger partial charge is 0.481 e. The summed E-state index contributed by atoms with van der Waals surface area (Å²) in [6.07, 6.45) is -0.543. The van der Waals surface area contributed by atoms with E-state index in [4.69, 9.17) is 20.1 Å². The number of halogens is 3. The van der Waals surface area contributed by atoms with Gasteiger partial charge in [0.15, 0.2) is 17.6 Å². The van der Waals surface area contributed by atoms with Crippen molar-refractivity contribution in [2.24, 2.45) is 0 Å². The lowest BCUT2D eigenvalue weighted by atomic mass is 9.80. The molecule has 2 aromatic carbocycles. The second-order valence-electron chi connectivity index (χ2n) is 12.3. The molecule has 1 fully saturated rings. The van der Waals surface area contributed by atoms with E-state index in [1.807, 2.05) is 24.3 Å². The maximum Gasteiger partial charge on any atom is 0.425 e. The van der Waals surface area contributed by atoms with Crippen LogP contribution in [0.1, 0.15) is 83.5 Å². The third kappa shape index (κ3) is 7.11. The first kappa shape index (κ1) is 33.9. The number of fused-ring (bicyclic) bond motifs is 3. The molecule has 0 bridgehead atoms. The number of benzene rings is 2. The number of hydrogen-bond donors (Lipinski definition) is 2. The number of anilines is 1. The zero-order valence-corrected chi connectivity index (χ0v) is 27.1. The summed E-state index contributed by atoms with van der Waals surface area (Å²) < 4.78 is 72.2. The van der Waals surface area contributed by atoms with Crippen molar-refractivity contribution < 1.29 is 40.8 Å². The van der Waals surface area contributed by atoms with Gasteiger partial charge in [-0.15, -0.1) is 0 Å². The van der Waals surface area contributed by atoms with E-state index in [9.17, 15) is 26.4 Å². The quantitative estimate of drug-likeness (QED) is 0.180. The Hall–Kier alpha value is -4.46. The number of carboxylic acid groups (broad SMARTS) is 1. The highest BCUT2D eigenvalue weighted by Gasteiger charge is 2.41. The Labute approximate surface area is 270 Å². The molecule has 2 aliphatic carbocycles. The van der Waals surface area contributed by atoms with Crippen LogP contribution in [0, 0.1) is 6.92 Å². The molecule has 1 saturated carbocycles. The molecule has 0 aliphatic heterocycles. The van der Waals surface area contributed by atoms with E-state index in [0.29, 0.717) is 28.5 Å². The number of ether oxygens (including phenoxy) is 1. The summed E-state index contributed by atoms with van der Waals surface area (Å²) >= 11 is 0. The van der Waals surface area contributed by atoms with Crippen molar-refractivity contribution in [1.29, 1.82) is 0 Å². The molecule has 0 radical (unpaired) electrons. The summed E-state index contributed by atoms with van der Waals surface area (Å²) in [6.45, 7) is 4.38. The number of sulfone groups is 1. The van der Waals surface area contributed by atoms with Gasteiger partial charge in [0, 0.05) is 43.1 Å². The van der Waals surface area contributed by atoms with Gasteiger partial charge in [-0.3, -0.25) is 0 Å². The van der Waals surface area contributed by atoms with Crippen molar-refractivity contribution in [2.75, 3.05) is 17.7 Å². The van der Waals surface area contributed by atoms with Crippen LogP contribution in [0.3, 0.4) is 0 Å². The number of aromatic carboxylic acids is 1. The normalized spacial score (nSPS) is 16.1. The van der Waals surface area contributed by atoms with Gasteiger partial charge >= 0.3 is 12.1 Å². The molecule has 1 unspecified atom stereocenters. The number of pyridine rings is 1. The fourth-order valence-corrected chi connectivity index (χ4v) is 7.31. The molecule has 2 aromatic heterocycles. The van der Waals surface area contributed by atoms with E-state index < -0.39 is 33.5 Å². The van der Waals surface area contributed by atoms with Crippen molar-refractivity contribution in [3.63, 3.8) is 0 Å². The van der Waals surface area contributed by atoms with Crippen LogP contribution >= 0.6 is 0 Å². The first-order valence-corrected chi connectivity index (χ1v) is 17.0. The van der Waals surface area contributed by atoms with E-state index in [2.05, 4.69) is 27.3 Å². The van der Waals surface area contributed by atoms with Crippen LogP contribution in [-0.4, -0.2) is 58.9 Å². The monoisotopic (exact) mass is 672 g/mol. The predicted octanol–water partition coefficient (Wildman–Crippen LogP) is 6.26. The first-order valence-electron chi connectivity index (χ1n) is 14.9. The van der Waals surface area contributed by atoms with Crippen LogP contribution in [-0.2, 0) is 21.7 Å². The van der Waals surface area contributed by atoms with Crippen molar-refractivity contribution in [2.45, 2.75) is 70.1 Å². The second kappa shape index (κ2) is 12.6. The van der Waals surface area contributed by atoms with E-state index in [1.165, 1.54) is 23.6 Å². The molecule has 6 rings (SSSR count). The maximum atomic E-state index is 12.6. The van der Waals surface area contributed by atoms with Crippen LogP contribution in [0.2, 0.25) is 0 Å². The minimum Gasteiger partial charge on any atom is -0.481 e. The Kier molecular flexibility index (Phi) is 9.10. The zero-order valence-electron chi connectivity index (χ0n) is 26.3. The average molecular weight is 673 g/mol. The molecule has 4 aromatic rings. The molecule has 2 aliphatic rings. The smallest absolute Gasteiger partial charge is 0.425 e. The number of rotatable bonds is 8. The third-order valence-corrected chi connectivity index (χ3v) is 9.72. The molecule has 47 heavy (non-hydrogen) atoms. The molecule has 0 amide bonds. The number of nitrogens with zero attached hydrogens (tertiary/aromatic N) is 3. The Morgan fingerprint density at radius 1 is 1.17 bits per heavy atom. The fraction of sp³-hybridized carbons (Fsp3) is 0.394. The number of hydrogen-bond acceptors (Lipinski definition) is 9. The van der Waals surface area contributed by atoms with Gasteiger partial charge in [-0.2, -0.15) is 18.2 Å². The van der Waals surface area contributed by atoms with Gasteiger partial charge in [0.25, 0.3) is 0 Å². The Morgan fingerprint density at radius 3 is 2.45 bits per heavy atom. The van der Waals surface area contributed by atoms with Crippen LogP contribution < -0.4 is 10.5 Å². The second-order valence-corrected chi connectivity index (χ2v) is 14.4. The minimum absolute atomic E-state index is 0.0353. The molecular formula is C33H35F3N4O6S.